The van der Waals surface area contributed by atoms with Crippen LogP contribution in [-0.4, -0.2) is 60.0 Å². The maximum Gasteiger partial charge on any atom is 0.248 e. The summed E-state index contributed by atoms with van der Waals surface area (Å²) in [5.74, 6) is 1.66. The van der Waals surface area contributed by atoms with Gasteiger partial charge in [0.05, 0.1) is 17.7 Å². The van der Waals surface area contributed by atoms with E-state index < -0.39 is 10.0 Å². The fourth-order valence-corrected chi connectivity index (χ4v) is 5.72. The smallest absolute Gasteiger partial charge is 0.248 e. The van der Waals surface area contributed by atoms with E-state index in [1.54, 1.807) is 18.7 Å². The molecular weight excluding hydrogens is 460 g/mol. The molecule has 1 aliphatic heterocycles. The summed E-state index contributed by atoms with van der Waals surface area (Å²) in [7, 11) is -3.70. The Bertz CT molecular complexity index is 1230. The minimum absolute atomic E-state index is 0.0428. The fraction of sp³-hybridized carbons (Fsp3) is 0.435. The number of carbonyl (C=O) groups is 1. The first-order chi connectivity index (χ1) is 16.2. The number of aryl methyl sites for hydroxylation is 4. The monoisotopic (exact) mass is 488 g/mol. The van der Waals surface area contributed by atoms with Gasteiger partial charge in [-0.25, -0.2) is 8.42 Å². The van der Waals surface area contributed by atoms with Crippen molar-refractivity contribution < 1.29 is 27.0 Å². The van der Waals surface area contributed by atoms with E-state index in [0.29, 0.717) is 31.1 Å². The Balaban J connectivity index is 1.30. The van der Waals surface area contributed by atoms with E-state index in [1.165, 1.54) is 4.31 Å². The fourth-order valence-electron chi connectivity index (χ4n) is 4.00. The van der Waals surface area contributed by atoms with Crippen molar-refractivity contribution in [3.63, 3.8) is 0 Å². The highest BCUT2D eigenvalue weighted by molar-refractivity contribution is 7.89. The average molecular weight is 489 g/mol. The number of ether oxygens (including phenoxy) is 1. The number of hydrogen-bond donors (Lipinski definition) is 0. The Labute approximate surface area is 198 Å². The molecule has 1 fully saturated rings. The Morgan fingerprint density at radius 1 is 0.941 bits per heavy atom. The van der Waals surface area contributed by atoms with Crippen LogP contribution in [0.25, 0.3) is 0 Å². The van der Waals surface area contributed by atoms with Crippen LogP contribution in [0.3, 0.4) is 0 Å². The average Bonchev–Trinajstić information content (AvgIpc) is 3.33. The number of aromatic nitrogens is 2. The summed E-state index contributed by atoms with van der Waals surface area (Å²) >= 11 is 0. The molecule has 1 aromatic carbocycles. The van der Waals surface area contributed by atoms with Gasteiger partial charge in [0.2, 0.25) is 15.9 Å². The lowest BCUT2D eigenvalue weighted by Gasteiger charge is -2.34. The van der Waals surface area contributed by atoms with Crippen LogP contribution in [-0.2, 0) is 27.8 Å². The van der Waals surface area contributed by atoms with Gasteiger partial charge >= 0.3 is 0 Å². The van der Waals surface area contributed by atoms with Crippen molar-refractivity contribution in [2.24, 2.45) is 0 Å². The molecule has 0 radical (unpaired) electrons. The highest BCUT2D eigenvalue weighted by Gasteiger charge is 2.34. The number of piperazine rings is 1. The Kier molecular flexibility index (Phi) is 6.76. The molecule has 3 heterocycles. The largest absolute Gasteiger partial charge is 0.489 e. The molecule has 34 heavy (non-hydrogen) atoms. The van der Waals surface area contributed by atoms with Crippen molar-refractivity contribution in [2.45, 2.75) is 45.6 Å². The van der Waals surface area contributed by atoms with Crippen molar-refractivity contribution in [2.75, 3.05) is 26.2 Å². The SMILES string of the molecule is Cc1noc(C)c1COc1ccc(CC(=O)N2CCN(S(=O)(=O)c3c(C)noc3C)CC2)cc1. The van der Waals surface area contributed by atoms with Gasteiger partial charge in [-0.05, 0) is 45.4 Å². The third kappa shape index (κ3) is 4.85. The molecule has 0 spiro atoms. The second-order valence-electron chi connectivity index (χ2n) is 8.35. The predicted molar refractivity (Wildman–Crippen MR) is 122 cm³/mol. The molecule has 0 saturated carbocycles. The maximum atomic E-state index is 13.0. The van der Waals surface area contributed by atoms with Crippen LogP contribution in [0.15, 0.2) is 38.2 Å². The quantitative estimate of drug-likeness (QED) is 0.498. The van der Waals surface area contributed by atoms with E-state index in [-0.39, 0.29) is 36.1 Å². The Morgan fingerprint density at radius 3 is 2.12 bits per heavy atom. The zero-order valence-electron chi connectivity index (χ0n) is 19.7. The number of carbonyl (C=O) groups excluding carboxylic acids is 1. The van der Waals surface area contributed by atoms with Gasteiger partial charge in [-0.15, -0.1) is 0 Å². The number of amides is 1. The lowest BCUT2D eigenvalue weighted by atomic mass is 10.1. The minimum Gasteiger partial charge on any atom is -0.489 e. The molecular formula is C23H28N4O6S. The van der Waals surface area contributed by atoms with Gasteiger partial charge in [0, 0.05) is 26.2 Å². The lowest BCUT2D eigenvalue weighted by Crippen LogP contribution is -2.51. The molecule has 0 bridgehead atoms. The van der Waals surface area contributed by atoms with E-state index in [0.717, 1.165) is 22.6 Å². The number of nitrogens with zero attached hydrogens (tertiary/aromatic N) is 4. The van der Waals surface area contributed by atoms with Gasteiger partial charge in [-0.2, -0.15) is 4.31 Å². The summed E-state index contributed by atoms with van der Waals surface area (Å²) in [6.07, 6.45) is 0.237. The van der Waals surface area contributed by atoms with Gasteiger partial charge in [0.25, 0.3) is 0 Å². The molecule has 11 heteroatoms. The second-order valence-corrected chi connectivity index (χ2v) is 10.2. The van der Waals surface area contributed by atoms with Gasteiger partial charge in [0.15, 0.2) is 5.76 Å². The first-order valence-electron chi connectivity index (χ1n) is 11.0. The van der Waals surface area contributed by atoms with Crippen molar-refractivity contribution >= 4 is 15.9 Å². The summed E-state index contributed by atoms with van der Waals surface area (Å²) in [5.41, 5.74) is 2.93. The van der Waals surface area contributed by atoms with Crippen LogP contribution < -0.4 is 4.74 Å². The normalized spacial score (nSPS) is 15.0. The molecule has 0 atom stereocenters. The summed E-state index contributed by atoms with van der Waals surface area (Å²) in [6.45, 7) is 8.39. The zero-order valence-corrected chi connectivity index (χ0v) is 20.5. The molecule has 0 N–H and O–H groups in total. The van der Waals surface area contributed by atoms with Crippen LogP contribution >= 0.6 is 0 Å². The molecule has 1 aliphatic rings. The zero-order chi connectivity index (χ0) is 24.5. The third-order valence-corrected chi connectivity index (χ3v) is 8.14. The first kappa shape index (κ1) is 24.0. The predicted octanol–water partition coefficient (Wildman–Crippen LogP) is 2.55. The van der Waals surface area contributed by atoms with Crippen LogP contribution in [0.5, 0.6) is 5.75 Å². The van der Waals surface area contributed by atoms with E-state index >= 15 is 0 Å². The summed E-state index contributed by atoms with van der Waals surface area (Å²) in [5, 5.41) is 7.66. The molecule has 10 nitrogen and oxygen atoms in total. The number of sulfonamides is 1. The van der Waals surface area contributed by atoms with Gasteiger partial charge in [0.1, 0.15) is 28.7 Å². The Hall–Kier alpha value is -3.18. The second kappa shape index (κ2) is 9.59. The standard InChI is InChI=1S/C23H28N4O6S/c1-15-21(17(3)32-24-15)14-31-20-7-5-19(6-8-20)13-22(28)26-9-11-27(12-10-26)34(29,30)23-16(2)25-33-18(23)4/h5-8H,9-14H2,1-4H3. The Morgan fingerprint density at radius 2 is 1.56 bits per heavy atom. The van der Waals surface area contributed by atoms with Crippen molar-refractivity contribution in [1.29, 1.82) is 0 Å². The van der Waals surface area contributed by atoms with Gasteiger partial charge < -0.3 is 18.7 Å². The van der Waals surface area contributed by atoms with Crippen molar-refractivity contribution in [1.82, 2.24) is 19.5 Å². The summed E-state index contributed by atoms with van der Waals surface area (Å²) in [4.78, 5) is 14.6. The molecule has 4 rings (SSSR count). The van der Waals surface area contributed by atoms with Gasteiger partial charge in [-0.3, -0.25) is 4.79 Å². The van der Waals surface area contributed by atoms with E-state index in [9.17, 15) is 13.2 Å². The van der Waals surface area contributed by atoms with Crippen LogP contribution in [0, 0.1) is 27.7 Å². The third-order valence-electron chi connectivity index (χ3n) is 6.00. The first-order valence-corrected chi connectivity index (χ1v) is 12.4. The van der Waals surface area contributed by atoms with E-state index in [2.05, 4.69) is 10.3 Å². The number of benzene rings is 1. The molecule has 2 aromatic heterocycles. The topological polar surface area (TPSA) is 119 Å². The highest BCUT2D eigenvalue weighted by atomic mass is 32.2. The van der Waals surface area contributed by atoms with Crippen LogP contribution in [0.1, 0.15) is 34.0 Å². The molecule has 0 aliphatic carbocycles. The lowest BCUT2D eigenvalue weighted by molar-refractivity contribution is -0.131. The van der Waals surface area contributed by atoms with E-state index in [4.69, 9.17) is 13.8 Å². The maximum absolute atomic E-state index is 13.0. The molecule has 1 amide bonds. The summed E-state index contributed by atoms with van der Waals surface area (Å²) in [6, 6.07) is 7.38. The van der Waals surface area contributed by atoms with Gasteiger partial charge in [-0.1, -0.05) is 22.4 Å². The van der Waals surface area contributed by atoms with Crippen molar-refractivity contribution in [3.05, 3.63) is 58.3 Å². The van der Waals surface area contributed by atoms with Crippen LogP contribution in [0.4, 0.5) is 0 Å². The highest BCUT2D eigenvalue weighted by Crippen LogP contribution is 2.24. The number of rotatable bonds is 7. The van der Waals surface area contributed by atoms with Crippen molar-refractivity contribution in [3.8, 4) is 5.75 Å². The minimum atomic E-state index is -3.70. The number of hydrogen-bond acceptors (Lipinski definition) is 8. The molecule has 182 valence electrons. The molecule has 0 unspecified atom stereocenters. The van der Waals surface area contributed by atoms with Crippen LogP contribution in [0.2, 0.25) is 0 Å². The molecule has 1 saturated heterocycles. The summed E-state index contributed by atoms with van der Waals surface area (Å²) < 4.78 is 43.3. The molecule has 3 aromatic rings. The van der Waals surface area contributed by atoms with E-state index in [1.807, 2.05) is 38.1 Å².